The normalized spacial score (nSPS) is 21.9. The Morgan fingerprint density at radius 3 is 2.60 bits per heavy atom. The fourth-order valence-electron chi connectivity index (χ4n) is 2.30. The highest BCUT2D eigenvalue weighted by Gasteiger charge is 2.31. The molecule has 0 aromatic rings. The predicted molar refractivity (Wildman–Crippen MR) is 72.9 cm³/mol. The van der Waals surface area contributed by atoms with Gasteiger partial charge in [-0.1, -0.05) is 20.3 Å². The number of rotatable bonds is 5. The molecule has 7 nitrogen and oxygen atoms in total. The number of carbonyl (C=O) groups is 3. The Hall–Kier alpha value is -1.79. The number of carboxylic acids is 1. The maximum atomic E-state index is 12.1. The summed E-state index contributed by atoms with van der Waals surface area (Å²) in [5, 5.41) is 11.7. The highest BCUT2D eigenvalue weighted by atomic mass is 16.4. The van der Waals surface area contributed by atoms with Crippen molar-refractivity contribution >= 4 is 17.9 Å². The van der Waals surface area contributed by atoms with Crippen LogP contribution in [-0.2, 0) is 9.59 Å². The zero-order valence-electron chi connectivity index (χ0n) is 12.0. The van der Waals surface area contributed by atoms with Gasteiger partial charge in [-0.3, -0.25) is 4.79 Å². The molecule has 1 heterocycles. The van der Waals surface area contributed by atoms with E-state index in [0.717, 1.165) is 0 Å². The number of likely N-dealkylation sites (tertiary alicyclic amines) is 1. The van der Waals surface area contributed by atoms with E-state index in [4.69, 9.17) is 10.8 Å². The predicted octanol–water partition coefficient (Wildman–Crippen LogP) is 0.393. The van der Waals surface area contributed by atoms with Crippen LogP contribution in [-0.4, -0.2) is 47.0 Å². The first-order chi connectivity index (χ1) is 9.36. The van der Waals surface area contributed by atoms with Crippen molar-refractivity contribution in [2.24, 2.45) is 17.6 Å². The van der Waals surface area contributed by atoms with Crippen molar-refractivity contribution in [1.29, 1.82) is 0 Å². The van der Waals surface area contributed by atoms with Crippen molar-refractivity contribution in [2.45, 2.75) is 39.2 Å². The fourth-order valence-corrected chi connectivity index (χ4v) is 2.30. The minimum atomic E-state index is -1.05. The molecule has 1 rings (SSSR count). The lowest BCUT2D eigenvalue weighted by molar-refractivity contribution is -0.140. The molecule has 20 heavy (non-hydrogen) atoms. The molecule has 114 valence electrons. The van der Waals surface area contributed by atoms with E-state index in [0.29, 0.717) is 25.8 Å². The van der Waals surface area contributed by atoms with Gasteiger partial charge in [-0.15, -0.1) is 0 Å². The average molecular weight is 285 g/mol. The molecule has 1 aliphatic heterocycles. The monoisotopic (exact) mass is 285 g/mol. The second-order valence-corrected chi connectivity index (χ2v) is 5.34. The number of carboxylic acid groups (broad SMARTS) is 1. The van der Waals surface area contributed by atoms with Gasteiger partial charge in [-0.2, -0.15) is 0 Å². The zero-order chi connectivity index (χ0) is 15.3. The van der Waals surface area contributed by atoms with Crippen molar-refractivity contribution in [3.8, 4) is 0 Å². The quantitative estimate of drug-likeness (QED) is 0.678. The molecule has 0 saturated carbocycles. The maximum absolute atomic E-state index is 12.1. The summed E-state index contributed by atoms with van der Waals surface area (Å²) in [5.74, 6) is -1.97. The van der Waals surface area contributed by atoms with Crippen molar-refractivity contribution in [3.63, 3.8) is 0 Å². The number of carbonyl (C=O) groups excluding carboxylic acids is 2. The Balaban J connectivity index is 2.64. The lowest BCUT2D eigenvalue weighted by atomic mass is 9.97. The fraction of sp³-hybridized carbons (Fsp3) is 0.769. The number of primary amides is 1. The van der Waals surface area contributed by atoms with Gasteiger partial charge in [0.25, 0.3) is 0 Å². The van der Waals surface area contributed by atoms with E-state index in [9.17, 15) is 14.4 Å². The number of hydrogen-bond acceptors (Lipinski definition) is 3. The SMILES string of the molecule is CCC(C)[C@H](NC(=O)N1CCCC(C(N)=O)C1)C(=O)O. The molecule has 0 aliphatic carbocycles. The highest BCUT2D eigenvalue weighted by Crippen LogP contribution is 2.16. The first-order valence-corrected chi connectivity index (χ1v) is 6.94. The van der Waals surface area contributed by atoms with Crippen molar-refractivity contribution < 1.29 is 19.5 Å². The number of amides is 3. The van der Waals surface area contributed by atoms with Crippen molar-refractivity contribution in [1.82, 2.24) is 10.2 Å². The lowest BCUT2D eigenvalue weighted by Gasteiger charge is -2.32. The molecule has 0 aromatic carbocycles. The molecule has 0 bridgehead atoms. The summed E-state index contributed by atoms with van der Waals surface area (Å²) < 4.78 is 0. The van der Waals surface area contributed by atoms with E-state index in [1.165, 1.54) is 4.90 Å². The molecule has 3 amide bonds. The van der Waals surface area contributed by atoms with Gasteiger partial charge < -0.3 is 21.1 Å². The molecule has 1 aliphatic rings. The smallest absolute Gasteiger partial charge is 0.326 e. The molecule has 2 unspecified atom stereocenters. The molecule has 0 aromatic heterocycles. The third-order valence-electron chi connectivity index (χ3n) is 3.87. The van der Waals surface area contributed by atoms with Gasteiger partial charge in [-0.25, -0.2) is 9.59 Å². The topological polar surface area (TPSA) is 113 Å². The molecule has 1 fully saturated rings. The van der Waals surface area contributed by atoms with Crippen LogP contribution in [0.2, 0.25) is 0 Å². The summed E-state index contributed by atoms with van der Waals surface area (Å²) in [6.07, 6.45) is 2.02. The Morgan fingerprint density at radius 1 is 1.45 bits per heavy atom. The van der Waals surface area contributed by atoms with E-state index in [-0.39, 0.29) is 18.4 Å². The summed E-state index contributed by atoms with van der Waals surface area (Å²) in [5.41, 5.74) is 5.26. The molecule has 1 saturated heterocycles. The van der Waals surface area contributed by atoms with Crippen LogP contribution in [0.15, 0.2) is 0 Å². The molecule has 4 N–H and O–H groups in total. The largest absolute Gasteiger partial charge is 0.480 e. The standard InChI is InChI=1S/C13H23N3O4/c1-3-8(2)10(12(18)19)15-13(20)16-6-4-5-9(7-16)11(14)17/h8-10H,3-7H2,1-2H3,(H2,14,17)(H,15,20)(H,18,19)/t8?,9?,10-/m0/s1. The Morgan fingerprint density at radius 2 is 2.10 bits per heavy atom. The molecule has 0 spiro atoms. The van der Waals surface area contributed by atoms with Crippen molar-refractivity contribution in [2.75, 3.05) is 13.1 Å². The number of hydrogen-bond donors (Lipinski definition) is 3. The summed E-state index contributed by atoms with van der Waals surface area (Å²) in [6.45, 7) is 4.43. The molecular formula is C13H23N3O4. The number of urea groups is 1. The van der Waals surface area contributed by atoms with Crippen LogP contribution >= 0.6 is 0 Å². The van der Waals surface area contributed by atoms with Gasteiger partial charge >= 0.3 is 12.0 Å². The van der Waals surface area contributed by atoms with Crippen LogP contribution in [0.5, 0.6) is 0 Å². The first kappa shape index (κ1) is 16.3. The molecular weight excluding hydrogens is 262 g/mol. The van der Waals surface area contributed by atoms with Crippen LogP contribution in [0.25, 0.3) is 0 Å². The van der Waals surface area contributed by atoms with Crippen LogP contribution in [0.4, 0.5) is 4.79 Å². The van der Waals surface area contributed by atoms with Crippen LogP contribution in [0.1, 0.15) is 33.1 Å². The summed E-state index contributed by atoms with van der Waals surface area (Å²) in [4.78, 5) is 35.9. The minimum Gasteiger partial charge on any atom is -0.480 e. The van der Waals surface area contributed by atoms with E-state index in [2.05, 4.69) is 5.32 Å². The number of nitrogens with zero attached hydrogens (tertiary/aromatic N) is 1. The van der Waals surface area contributed by atoms with E-state index in [1.54, 1.807) is 6.92 Å². The number of aliphatic carboxylic acids is 1. The Bertz CT molecular complexity index is 386. The van der Waals surface area contributed by atoms with Crippen LogP contribution in [0.3, 0.4) is 0 Å². The highest BCUT2D eigenvalue weighted by molar-refractivity contribution is 5.83. The third-order valence-corrected chi connectivity index (χ3v) is 3.87. The summed E-state index contributed by atoms with van der Waals surface area (Å²) >= 11 is 0. The van der Waals surface area contributed by atoms with Crippen LogP contribution in [0, 0.1) is 11.8 Å². The van der Waals surface area contributed by atoms with E-state index >= 15 is 0 Å². The number of nitrogens with two attached hydrogens (primary N) is 1. The second-order valence-electron chi connectivity index (χ2n) is 5.34. The zero-order valence-corrected chi connectivity index (χ0v) is 12.0. The van der Waals surface area contributed by atoms with Gasteiger partial charge in [0.1, 0.15) is 6.04 Å². The summed E-state index contributed by atoms with van der Waals surface area (Å²) in [6, 6.07) is -1.36. The molecule has 7 heteroatoms. The average Bonchev–Trinajstić information content (AvgIpc) is 2.43. The van der Waals surface area contributed by atoms with Gasteiger partial charge in [0.2, 0.25) is 5.91 Å². The summed E-state index contributed by atoms with van der Waals surface area (Å²) in [7, 11) is 0. The van der Waals surface area contributed by atoms with Gasteiger partial charge in [0.15, 0.2) is 0 Å². The molecule has 3 atom stereocenters. The number of piperidine rings is 1. The molecule has 0 radical (unpaired) electrons. The maximum Gasteiger partial charge on any atom is 0.326 e. The van der Waals surface area contributed by atoms with Gasteiger partial charge in [-0.05, 0) is 18.8 Å². The minimum absolute atomic E-state index is 0.159. The lowest BCUT2D eigenvalue weighted by Crippen LogP contribution is -2.53. The third kappa shape index (κ3) is 4.11. The second kappa shape index (κ2) is 7.12. The number of nitrogens with one attached hydrogen (secondary N) is 1. The van der Waals surface area contributed by atoms with E-state index in [1.807, 2.05) is 6.92 Å². The van der Waals surface area contributed by atoms with Crippen LogP contribution < -0.4 is 11.1 Å². The Labute approximate surface area is 118 Å². The first-order valence-electron chi connectivity index (χ1n) is 6.94. The Kier molecular flexibility index (Phi) is 5.79. The van der Waals surface area contributed by atoms with E-state index < -0.39 is 23.9 Å². The van der Waals surface area contributed by atoms with Gasteiger partial charge in [0.05, 0.1) is 5.92 Å². The van der Waals surface area contributed by atoms with Crippen molar-refractivity contribution in [3.05, 3.63) is 0 Å². The van der Waals surface area contributed by atoms with Gasteiger partial charge in [0, 0.05) is 13.1 Å².